The van der Waals surface area contributed by atoms with Crippen LogP contribution >= 0.6 is 23.1 Å². The fourth-order valence-electron chi connectivity index (χ4n) is 3.97. The third-order valence-corrected chi connectivity index (χ3v) is 7.56. The van der Waals surface area contributed by atoms with Crippen molar-refractivity contribution in [2.75, 3.05) is 0 Å². The quantitative estimate of drug-likeness (QED) is 0.277. The number of thiazole rings is 1. The van der Waals surface area contributed by atoms with Crippen LogP contribution in [-0.4, -0.2) is 24.1 Å². The Morgan fingerprint density at radius 1 is 0.914 bits per heavy atom. The smallest absolute Gasteiger partial charge is 0.263 e. The molecule has 6 rings (SSSR count). The highest BCUT2D eigenvalue weighted by atomic mass is 32.2. The van der Waals surface area contributed by atoms with Crippen LogP contribution in [0.2, 0.25) is 0 Å². The average Bonchev–Trinajstić information content (AvgIpc) is 3.54. The first kappa shape index (κ1) is 21.7. The van der Waals surface area contributed by atoms with Crippen molar-refractivity contribution in [3.8, 4) is 10.6 Å². The fourth-order valence-corrected chi connectivity index (χ4v) is 5.74. The van der Waals surface area contributed by atoms with Crippen molar-refractivity contribution >= 4 is 39.8 Å². The van der Waals surface area contributed by atoms with Gasteiger partial charge in [-0.1, -0.05) is 54.2 Å². The molecule has 0 atom stereocenters. The largest absolute Gasteiger partial charge is 0.272 e. The highest BCUT2D eigenvalue weighted by Gasteiger charge is 2.17. The molecule has 6 aromatic rings. The van der Waals surface area contributed by atoms with Gasteiger partial charge < -0.3 is 0 Å². The van der Waals surface area contributed by atoms with E-state index in [1.807, 2.05) is 64.4 Å². The number of hydrogen-bond acceptors (Lipinski definition) is 6. The van der Waals surface area contributed by atoms with E-state index < -0.39 is 0 Å². The van der Waals surface area contributed by atoms with E-state index in [2.05, 4.69) is 10.2 Å². The summed E-state index contributed by atoms with van der Waals surface area (Å²) in [6, 6.07) is 23.7. The number of halogens is 1. The van der Waals surface area contributed by atoms with Gasteiger partial charge in [0.2, 0.25) is 5.78 Å². The molecule has 172 valence electrons. The van der Waals surface area contributed by atoms with Crippen LogP contribution in [0.3, 0.4) is 0 Å². The second kappa shape index (κ2) is 9.09. The van der Waals surface area contributed by atoms with Crippen molar-refractivity contribution in [1.29, 1.82) is 0 Å². The highest BCUT2D eigenvalue weighted by Crippen LogP contribution is 2.29. The van der Waals surface area contributed by atoms with Gasteiger partial charge in [0, 0.05) is 16.7 Å². The number of benzene rings is 3. The predicted octanol–water partition coefficient (Wildman–Crippen LogP) is 5.65. The van der Waals surface area contributed by atoms with Gasteiger partial charge in [0.15, 0.2) is 5.16 Å². The molecule has 0 aliphatic rings. The zero-order valence-electron chi connectivity index (χ0n) is 18.3. The normalized spacial score (nSPS) is 11.5. The first-order valence-electron chi connectivity index (χ1n) is 10.9. The van der Waals surface area contributed by atoms with Gasteiger partial charge in [-0.15, -0.1) is 21.5 Å². The van der Waals surface area contributed by atoms with E-state index in [-0.39, 0.29) is 11.4 Å². The highest BCUT2D eigenvalue weighted by molar-refractivity contribution is 7.98. The van der Waals surface area contributed by atoms with Gasteiger partial charge in [0.05, 0.1) is 23.1 Å². The maximum Gasteiger partial charge on any atom is 0.263 e. The summed E-state index contributed by atoms with van der Waals surface area (Å²) in [4.78, 5) is 18.0. The fraction of sp³-hybridized carbons (Fsp3) is 0.0769. The van der Waals surface area contributed by atoms with Crippen molar-refractivity contribution in [3.63, 3.8) is 0 Å². The summed E-state index contributed by atoms with van der Waals surface area (Å²) in [5, 5.41) is 13.0. The summed E-state index contributed by atoms with van der Waals surface area (Å²) >= 11 is 3.04. The molecule has 0 saturated carbocycles. The summed E-state index contributed by atoms with van der Waals surface area (Å²) in [6.07, 6.45) is 0. The lowest BCUT2D eigenvalue weighted by atomic mass is 10.2. The Morgan fingerprint density at radius 3 is 2.51 bits per heavy atom. The minimum Gasteiger partial charge on any atom is -0.272 e. The van der Waals surface area contributed by atoms with Crippen molar-refractivity contribution in [3.05, 3.63) is 112 Å². The molecular weight excluding hydrogens is 481 g/mol. The molecule has 9 heteroatoms. The first-order chi connectivity index (χ1) is 17.2. The number of thioether (sulfide) groups is 1. The monoisotopic (exact) mass is 499 g/mol. The number of aromatic nitrogens is 5. The third kappa shape index (κ3) is 4.13. The number of fused-ring (bicyclic) bond motifs is 3. The van der Waals surface area contributed by atoms with E-state index in [1.54, 1.807) is 16.7 Å². The van der Waals surface area contributed by atoms with E-state index in [9.17, 15) is 9.18 Å². The molecule has 3 aromatic carbocycles. The summed E-state index contributed by atoms with van der Waals surface area (Å²) in [7, 11) is 0. The van der Waals surface area contributed by atoms with E-state index in [4.69, 9.17) is 4.98 Å². The van der Waals surface area contributed by atoms with E-state index in [0.29, 0.717) is 28.6 Å². The summed E-state index contributed by atoms with van der Waals surface area (Å²) < 4.78 is 16.9. The van der Waals surface area contributed by atoms with E-state index in [0.717, 1.165) is 27.3 Å². The third-order valence-electron chi connectivity index (χ3n) is 5.65. The molecule has 3 heterocycles. The molecule has 3 aromatic heterocycles. The molecule has 0 saturated heterocycles. The molecule has 0 amide bonds. The van der Waals surface area contributed by atoms with Crippen LogP contribution in [-0.2, 0) is 12.3 Å². The number of rotatable bonds is 6. The zero-order valence-corrected chi connectivity index (χ0v) is 20.0. The van der Waals surface area contributed by atoms with Gasteiger partial charge in [-0.3, -0.25) is 13.8 Å². The maximum absolute atomic E-state index is 13.3. The van der Waals surface area contributed by atoms with Crippen molar-refractivity contribution in [2.24, 2.45) is 0 Å². The summed E-state index contributed by atoms with van der Waals surface area (Å²) in [6.45, 7) is 0.407. The van der Waals surface area contributed by atoms with Crippen LogP contribution < -0.4 is 5.56 Å². The zero-order chi connectivity index (χ0) is 23.8. The topological polar surface area (TPSA) is 65.1 Å². The Balaban J connectivity index is 1.36. The standard InChI is InChI=1S/C26H18FN5OS2/c27-19-12-10-18(11-13-19)23-28-20(15-34-23)16-35-26-30-29-25-31(14-17-6-2-1-3-7-17)24(33)21-8-4-5-9-22(21)32(25)26/h1-13,15H,14,16H2. The number of hydrogen-bond donors (Lipinski definition) is 0. The molecule has 0 spiro atoms. The molecule has 35 heavy (non-hydrogen) atoms. The van der Waals surface area contributed by atoms with Crippen LogP contribution in [0.1, 0.15) is 11.3 Å². The lowest BCUT2D eigenvalue weighted by Crippen LogP contribution is -2.24. The lowest BCUT2D eigenvalue weighted by Gasteiger charge is -2.11. The second-order valence-corrected chi connectivity index (χ2v) is 9.75. The molecule has 0 aliphatic heterocycles. The number of para-hydroxylation sites is 1. The Morgan fingerprint density at radius 2 is 1.69 bits per heavy atom. The van der Waals surface area contributed by atoms with Crippen LogP contribution in [0.25, 0.3) is 27.3 Å². The van der Waals surface area contributed by atoms with Crippen molar-refractivity contribution in [1.82, 2.24) is 24.1 Å². The Hall–Kier alpha value is -3.82. The Kier molecular flexibility index (Phi) is 5.63. The SMILES string of the molecule is O=c1c2ccccc2n2c(SCc3csc(-c4ccc(F)cc4)n3)nnc2n1Cc1ccccc1. The van der Waals surface area contributed by atoms with Gasteiger partial charge in [0.25, 0.3) is 5.56 Å². The first-order valence-corrected chi connectivity index (χ1v) is 12.8. The molecule has 0 aliphatic carbocycles. The molecular formula is C26H18FN5OS2. The second-order valence-electron chi connectivity index (χ2n) is 7.95. The lowest BCUT2D eigenvalue weighted by molar-refractivity contribution is 0.628. The van der Waals surface area contributed by atoms with Crippen molar-refractivity contribution in [2.45, 2.75) is 17.5 Å². The van der Waals surface area contributed by atoms with Gasteiger partial charge in [-0.2, -0.15) is 0 Å². The molecule has 0 fully saturated rings. The summed E-state index contributed by atoms with van der Waals surface area (Å²) in [5.41, 5.74) is 3.48. The van der Waals surface area contributed by atoms with Crippen LogP contribution in [0, 0.1) is 5.82 Å². The minimum atomic E-state index is -0.266. The van der Waals surface area contributed by atoms with Gasteiger partial charge >= 0.3 is 0 Å². The van der Waals surface area contributed by atoms with Gasteiger partial charge in [-0.05, 0) is 42.0 Å². The van der Waals surface area contributed by atoms with Gasteiger partial charge in [-0.25, -0.2) is 9.37 Å². The maximum atomic E-state index is 13.3. The molecule has 0 radical (unpaired) electrons. The predicted molar refractivity (Wildman–Crippen MR) is 137 cm³/mol. The molecule has 0 bridgehead atoms. The van der Waals surface area contributed by atoms with Crippen LogP contribution in [0.5, 0.6) is 0 Å². The van der Waals surface area contributed by atoms with Crippen LogP contribution in [0.15, 0.2) is 94.2 Å². The molecule has 6 nitrogen and oxygen atoms in total. The molecule has 0 unspecified atom stereocenters. The minimum absolute atomic E-state index is 0.0932. The average molecular weight is 500 g/mol. The van der Waals surface area contributed by atoms with Gasteiger partial charge in [0.1, 0.15) is 10.8 Å². The Bertz CT molecular complexity index is 1710. The number of nitrogens with zero attached hydrogens (tertiary/aromatic N) is 5. The Labute approximate surface area is 207 Å². The molecule has 0 N–H and O–H groups in total. The van der Waals surface area contributed by atoms with E-state index >= 15 is 0 Å². The van der Waals surface area contributed by atoms with Crippen LogP contribution in [0.4, 0.5) is 4.39 Å². The summed E-state index contributed by atoms with van der Waals surface area (Å²) in [5.74, 6) is 0.827. The van der Waals surface area contributed by atoms with E-state index in [1.165, 1.54) is 35.2 Å². The van der Waals surface area contributed by atoms with Crippen molar-refractivity contribution < 1.29 is 4.39 Å².